The molecule has 1 amide bonds. The van der Waals surface area contributed by atoms with Gasteiger partial charge < -0.3 is 10.6 Å². The highest BCUT2D eigenvalue weighted by molar-refractivity contribution is 5.96. The van der Waals surface area contributed by atoms with E-state index in [0.29, 0.717) is 18.6 Å². The highest BCUT2D eigenvalue weighted by Gasteiger charge is 2.35. The molecule has 6 nitrogen and oxygen atoms in total. The first-order valence-corrected chi connectivity index (χ1v) is 7.37. The Labute approximate surface area is 135 Å². The van der Waals surface area contributed by atoms with Crippen molar-refractivity contribution in [2.75, 3.05) is 18.8 Å². The van der Waals surface area contributed by atoms with Gasteiger partial charge in [-0.3, -0.25) is 9.89 Å². The lowest BCUT2D eigenvalue weighted by atomic mass is 9.93. The Kier molecular flexibility index (Phi) is 3.19. The molecule has 1 fully saturated rings. The van der Waals surface area contributed by atoms with Crippen LogP contribution in [-0.4, -0.2) is 39.1 Å². The predicted octanol–water partition coefficient (Wildman–Crippen LogP) is 2.06. The molecule has 0 spiro atoms. The lowest BCUT2D eigenvalue weighted by Gasteiger charge is -2.38. The van der Waals surface area contributed by atoms with Crippen molar-refractivity contribution in [3.05, 3.63) is 53.4 Å². The number of nitrogens with zero attached hydrogens (tertiary/aromatic N) is 3. The number of aromatic amines is 1. The maximum absolute atomic E-state index is 13.7. The summed E-state index contributed by atoms with van der Waals surface area (Å²) >= 11 is 0. The summed E-state index contributed by atoms with van der Waals surface area (Å²) in [5, 5.41) is 7.81. The molecule has 4 rings (SSSR count). The van der Waals surface area contributed by atoms with Crippen LogP contribution in [0.4, 0.5) is 14.6 Å². The molecule has 3 N–H and O–H groups in total. The molecule has 24 heavy (non-hydrogen) atoms. The fourth-order valence-electron chi connectivity index (χ4n) is 2.93. The summed E-state index contributed by atoms with van der Waals surface area (Å²) in [6.45, 7) is 0.852. The average Bonchev–Trinajstić information content (AvgIpc) is 2.91. The molecule has 1 saturated heterocycles. The van der Waals surface area contributed by atoms with Crippen LogP contribution in [0.3, 0.4) is 0 Å². The summed E-state index contributed by atoms with van der Waals surface area (Å²) in [7, 11) is 0. The van der Waals surface area contributed by atoms with Crippen molar-refractivity contribution in [1.82, 2.24) is 20.1 Å². The summed E-state index contributed by atoms with van der Waals surface area (Å²) < 4.78 is 27.0. The van der Waals surface area contributed by atoms with E-state index < -0.39 is 11.7 Å². The second kappa shape index (κ2) is 5.26. The number of halogens is 2. The summed E-state index contributed by atoms with van der Waals surface area (Å²) in [6.07, 6.45) is 0.941. The van der Waals surface area contributed by atoms with Gasteiger partial charge in [0.2, 0.25) is 0 Å². The fraction of sp³-hybridized carbons (Fsp3) is 0.188. The van der Waals surface area contributed by atoms with E-state index in [2.05, 4.69) is 15.2 Å². The molecule has 0 aliphatic carbocycles. The van der Waals surface area contributed by atoms with Crippen LogP contribution < -0.4 is 5.73 Å². The van der Waals surface area contributed by atoms with Gasteiger partial charge in [-0.1, -0.05) is 0 Å². The molecule has 8 heteroatoms. The zero-order valence-electron chi connectivity index (χ0n) is 12.5. The first-order valence-electron chi connectivity index (χ1n) is 7.37. The largest absolute Gasteiger partial charge is 0.384 e. The van der Waals surface area contributed by atoms with Crippen LogP contribution in [-0.2, 0) is 0 Å². The van der Waals surface area contributed by atoms with E-state index in [9.17, 15) is 13.6 Å². The van der Waals surface area contributed by atoms with Crippen LogP contribution in [0.5, 0.6) is 0 Å². The first kappa shape index (κ1) is 14.6. The SMILES string of the molecule is Nc1cc(C(=O)N2CC(c3[nH]nc4cc(F)ccc34)C2)c(F)cn1. The number of rotatable bonds is 2. The fourth-order valence-corrected chi connectivity index (χ4v) is 2.93. The Morgan fingerprint density at radius 3 is 2.88 bits per heavy atom. The Balaban J connectivity index is 1.53. The standard InChI is InChI=1S/C16H13F2N5O/c17-9-1-2-10-13(3-9)21-22-15(10)8-6-23(7-8)16(24)11-4-14(19)20-5-12(11)18/h1-5,8H,6-7H2,(H2,19,20)(H,21,22). The number of benzene rings is 1. The van der Waals surface area contributed by atoms with E-state index in [4.69, 9.17) is 5.73 Å². The van der Waals surface area contributed by atoms with Crippen molar-refractivity contribution in [2.45, 2.75) is 5.92 Å². The minimum atomic E-state index is -0.694. The lowest BCUT2D eigenvalue weighted by molar-refractivity contribution is 0.0595. The van der Waals surface area contributed by atoms with Gasteiger partial charge in [0.15, 0.2) is 5.82 Å². The van der Waals surface area contributed by atoms with Gasteiger partial charge in [0.05, 0.1) is 17.3 Å². The van der Waals surface area contributed by atoms with E-state index >= 15 is 0 Å². The van der Waals surface area contributed by atoms with Gasteiger partial charge in [-0.25, -0.2) is 13.8 Å². The minimum Gasteiger partial charge on any atom is -0.384 e. The normalized spacial score (nSPS) is 14.8. The molecular weight excluding hydrogens is 316 g/mol. The van der Waals surface area contributed by atoms with Crippen LogP contribution in [0.1, 0.15) is 22.0 Å². The van der Waals surface area contributed by atoms with Crippen LogP contribution >= 0.6 is 0 Å². The van der Waals surface area contributed by atoms with Crippen molar-refractivity contribution in [2.24, 2.45) is 0 Å². The highest BCUT2D eigenvalue weighted by Crippen LogP contribution is 2.32. The molecule has 2 aromatic heterocycles. The number of carbonyl (C=O) groups excluding carboxylic acids is 1. The molecule has 1 aromatic carbocycles. The Bertz CT molecular complexity index is 949. The van der Waals surface area contributed by atoms with Crippen molar-refractivity contribution in [1.29, 1.82) is 0 Å². The van der Waals surface area contributed by atoms with Crippen LogP contribution in [0, 0.1) is 11.6 Å². The zero-order valence-corrected chi connectivity index (χ0v) is 12.5. The molecule has 3 aromatic rings. The molecule has 1 aliphatic heterocycles. The first-order chi connectivity index (χ1) is 11.5. The van der Waals surface area contributed by atoms with E-state index in [1.54, 1.807) is 6.07 Å². The molecule has 0 saturated carbocycles. The van der Waals surface area contributed by atoms with Gasteiger partial charge in [0, 0.05) is 36.2 Å². The second-order valence-corrected chi connectivity index (χ2v) is 5.79. The van der Waals surface area contributed by atoms with E-state index in [1.165, 1.54) is 23.1 Å². The van der Waals surface area contributed by atoms with Gasteiger partial charge in [0.25, 0.3) is 5.91 Å². The molecule has 3 heterocycles. The third kappa shape index (κ3) is 2.27. The number of likely N-dealkylation sites (tertiary alicyclic amines) is 1. The lowest BCUT2D eigenvalue weighted by Crippen LogP contribution is -2.48. The number of H-pyrrole nitrogens is 1. The molecule has 0 bridgehead atoms. The minimum absolute atomic E-state index is 0.0478. The number of aromatic nitrogens is 3. The number of carbonyl (C=O) groups is 1. The Morgan fingerprint density at radius 1 is 1.29 bits per heavy atom. The summed E-state index contributed by atoms with van der Waals surface area (Å²) in [6, 6.07) is 5.63. The van der Waals surface area contributed by atoms with Gasteiger partial charge in [-0.05, 0) is 18.2 Å². The number of fused-ring (bicyclic) bond motifs is 1. The molecular formula is C16H13F2N5O. The maximum atomic E-state index is 13.7. The van der Waals surface area contributed by atoms with Crippen molar-refractivity contribution >= 4 is 22.6 Å². The molecule has 1 aliphatic rings. The summed E-state index contributed by atoms with van der Waals surface area (Å²) in [4.78, 5) is 17.5. The number of hydrogen-bond acceptors (Lipinski definition) is 4. The average molecular weight is 329 g/mol. The smallest absolute Gasteiger partial charge is 0.257 e. The van der Waals surface area contributed by atoms with E-state index in [1.807, 2.05) is 0 Å². The summed E-state index contributed by atoms with van der Waals surface area (Å²) in [5.41, 5.74) is 6.82. The highest BCUT2D eigenvalue weighted by atomic mass is 19.1. The Morgan fingerprint density at radius 2 is 2.08 bits per heavy atom. The zero-order chi connectivity index (χ0) is 16.8. The monoisotopic (exact) mass is 329 g/mol. The van der Waals surface area contributed by atoms with Gasteiger partial charge in [-0.15, -0.1) is 0 Å². The van der Waals surface area contributed by atoms with Crippen LogP contribution in [0.25, 0.3) is 10.9 Å². The van der Waals surface area contributed by atoms with Crippen molar-refractivity contribution < 1.29 is 13.6 Å². The topological polar surface area (TPSA) is 87.9 Å². The number of amides is 1. The number of nitrogens with one attached hydrogen (secondary N) is 1. The molecule has 0 radical (unpaired) electrons. The molecule has 0 unspecified atom stereocenters. The summed E-state index contributed by atoms with van der Waals surface area (Å²) in [5.74, 6) is -1.32. The predicted molar refractivity (Wildman–Crippen MR) is 83.3 cm³/mol. The Hall–Kier alpha value is -3.03. The molecule has 122 valence electrons. The van der Waals surface area contributed by atoms with E-state index in [0.717, 1.165) is 17.3 Å². The van der Waals surface area contributed by atoms with Gasteiger partial charge in [0.1, 0.15) is 11.6 Å². The van der Waals surface area contributed by atoms with E-state index in [-0.39, 0.29) is 23.1 Å². The third-order valence-electron chi connectivity index (χ3n) is 4.23. The van der Waals surface area contributed by atoms with Crippen molar-refractivity contribution in [3.63, 3.8) is 0 Å². The number of anilines is 1. The molecule has 0 atom stereocenters. The van der Waals surface area contributed by atoms with Crippen LogP contribution in [0.2, 0.25) is 0 Å². The quantitative estimate of drug-likeness (QED) is 0.753. The van der Waals surface area contributed by atoms with Crippen molar-refractivity contribution in [3.8, 4) is 0 Å². The number of hydrogen-bond donors (Lipinski definition) is 2. The number of nitrogens with two attached hydrogens (primary N) is 1. The van der Waals surface area contributed by atoms with Gasteiger partial charge in [-0.2, -0.15) is 5.10 Å². The third-order valence-corrected chi connectivity index (χ3v) is 4.23. The second-order valence-electron chi connectivity index (χ2n) is 5.79. The van der Waals surface area contributed by atoms with Gasteiger partial charge >= 0.3 is 0 Å². The number of pyridine rings is 1. The maximum Gasteiger partial charge on any atom is 0.257 e. The van der Waals surface area contributed by atoms with Crippen LogP contribution in [0.15, 0.2) is 30.5 Å². The number of nitrogen functional groups attached to an aromatic ring is 1.